The summed E-state index contributed by atoms with van der Waals surface area (Å²) < 4.78 is 67.9. The lowest BCUT2D eigenvalue weighted by atomic mass is 9.87. The van der Waals surface area contributed by atoms with Crippen LogP contribution in [0.5, 0.6) is 28.7 Å². The topological polar surface area (TPSA) is 133 Å². The molecule has 1 unspecified atom stereocenters. The molecule has 76 heavy (non-hydrogen) atoms. The van der Waals surface area contributed by atoms with Crippen molar-refractivity contribution in [2.24, 2.45) is 0 Å². The van der Waals surface area contributed by atoms with Crippen molar-refractivity contribution in [3.63, 3.8) is 0 Å². The monoisotopic (exact) mass is 1080 g/mol. The summed E-state index contributed by atoms with van der Waals surface area (Å²) in [6, 6.07) is 69.2. The predicted molar refractivity (Wildman–Crippen MR) is 314 cm³/mol. The van der Waals surface area contributed by atoms with E-state index in [-0.39, 0.29) is 16.2 Å². The number of hydrogen-bond acceptors (Lipinski definition) is 8. The van der Waals surface area contributed by atoms with Crippen LogP contribution in [0, 0.1) is 0 Å². The molecule has 0 bridgehead atoms. The van der Waals surface area contributed by atoms with E-state index in [1.54, 1.807) is 67.3 Å². The SMILES string of the molecule is CC(C)(C)c1ccc(CNP(=O)(Oc2ccccc2)Oc2ccccc2)cc1.CC(C)(C)c1ccc(NP(=O)(Oc2ccccc2)Oc2ccccc2)cc1.CC(C)(C)c1cccc(NP(C)(=O)Oc2ccccc2)c1. The minimum absolute atomic E-state index is 0.0449. The van der Waals surface area contributed by atoms with E-state index >= 15 is 0 Å². The third-order valence-electron chi connectivity index (χ3n) is 11.3. The van der Waals surface area contributed by atoms with E-state index in [0.29, 0.717) is 41.0 Å². The highest BCUT2D eigenvalue weighted by atomic mass is 31.2. The first-order valence-electron chi connectivity index (χ1n) is 25.1. The van der Waals surface area contributed by atoms with Crippen molar-refractivity contribution < 1.29 is 36.3 Å². The van der Waals surface area contributed by atoms with Crippen molar-refractivity contribution in [2.75, 3.05) is 16.8 Å². The zero-order chi connectivity index (χ0) is 54.9. The fraction of sp³-hybridized carbons (Fsp3) is 0.226. The smallest absolute Gasteiger partial charge is 0.429 e. The average molecular weight is 1080 g/mol. The summed E-state index contributed by atoms with van der Waals surface area (Å²) in [6.07, 6.45) is 0. The van der Waals surface area contributed by atoms with Crippen LogP contribution < -0.4 is 37.9 Å². The zero-order valence-electron chi connectivity index (χ0n) is 45.2. The molecule has 0 aliphatic heterocycles. The summed E-state index contributed by atoms with van der Waals surface area (Å²) in [5.74, 6) is 2.50. The molecule has 0 saturated heterocycles. The first-order chi connectivity index (χ1) is 35.9. The minimum Gasteiger partial charge on any atom is -0.429 e. The molecule has 14 heteroatoms. The number of anilines is 2. The Morgan fingerprint density at radius 3 is 1.05 bits per heavy atom. The summed E-state index contributed by atoms with van der Waals surface area (Å²) in [6.45, 7) is 21.4. The molecular formula is C62H72N3O8P3. The quantitative estimate of drug-likeness (QED) is 0.0753. The van der Waals surface area contributed by atoms with Gasteiger partial charge in [-0.3, -0.25) is 9.65 Å². The van der Waals surface area contributed by atoms with Crippen LogP contribution in [0.4, 0.5) is 11.4 Å². The summed E-state index contributed by atoms with van der Waals surface area (Å²) in [5.41, 5.74) is 6.29. The Hall–Kier alpha value is -6.99. The van der Waals surface area contributed by atoms with Crippen LogP contribution in [0.3, 0.4) is 0 Å². The summed E-state index contributed by atoms with van der Waals surface area (Å²) in [5, 5.41) is 8.93. The second kappa shape index (κ2) is 26.2. The van der Waals surface area contributed by atoms with Gasteiger partial charge >= 0.3 is 23.0 Å². The maximum Gasteiger partial charge on any atom is 0.541 e. The molecule has 0 aliphatic rings. The molecule has 0 aromatic heterocycles. The van der Waals surface area contributed by atoms with Crippen LogP contribution in [0.1, 0.15) is 84.6 Å². The largest absolute Gasteiger partial charge is 0.541 e. The summed E-state index contributed by atoms with van der Waals surface area (Å²) in [4.78, 5) is 0. The predicted octanol–water partition coefficient (Wildman–Crippen LogP) is 18.3. The van der Waals surface area contributed by atoms with Gasteiger partial charge in [0.15, 0.2) is 0 Å². The van der Waals surface area contributed by atoms with Crippen molar-refractivity contribution in [1.29, 1.82) is 0 Å². The molecule has 0 aliphatic carbocycles. The number of hydrogen-bond donors (Lipinski definition) is 3. The highest BCUT2D eigenvalue weighted by Crippen LogP contribution is 2.49. The molecular weight excluding hydrogens is 1010 g/mol. The number of rotatable bonds is 17. The van der Waals surface area contributed by atoms with Crippen molar-refractivity contribution in [3.8, 4) is 28.7 Å². The molecule has 11 nitrogen and oxygen atoms in total. The van der Waals surface area contributed by atoms with Crippen molar-refractivity contribution in [3.05, 3.63) is 247 Å². The minimum atomic E-state index is -3.69. The van der Waals surface area contributed by atoms with E-state index in [2.05, 4.69) is 95.8 Å². The normalized spacial score (nSPS) is 12.4. The highest BCUT2D eigenvalue weighted by molar-refractivity contribution is 7.60. The maximum absolute atomic E-state index is 13.4. The molecule has 0 heterocycles. The number of para-hydroxylation sites is 5. The lowest BCUT2D eigenvalue weighted by Crippen LogP contribution is -2.18. The second-order valence-electron chi connectivity index (χ2n) is 21.0. The molecule has 8 aromatic rings. The van der Waals surface area contributed by atoms with Gasteiger partial charge in [-0.2, -0.15) is 5.09 Å². The Bertz CT molecular complexity index is 3060. The highest BCUT2D eigenvalue weighted by Gasteiger charge is 2.30. The van der Waals surface area contributed by atoms with E-state index in [0.717, 1.165) is 11.3 Å². The molecule has 0 amide bonds. The molecule has 8 aromatic carbocycles. The molecule has 0 saturated carbocycles. The molecule has 0 spiro atoms. The first kappa shape index (κ1) is 58.3. The van der Waals surface area contributed by atoms with Crippen LogP contribution in [-0.4, -0.2) is 6.66 Å². The van der Waals surface area contributed by atoms with E-state index < -0.39 is 23.0 Å². The standard InChI is InChI=1S/C23H26NO3P.C22H24NO3P.C17H22NO2P/c1-23(2,3)20-16-14-19(15-17-20)18-24-28(25,26-21-10-6-4-7-11-21)27-22-12-8-5-9-13-22;1-22(2,3)18-14-16-19(17-15-18)23-27(24,25-20-10-6-4-7-11-20)26-21-12-8-5-9-13-21;1-17(2,3)14-9-8-10-15(13-14)18-21(4,19)20-16-11-6-5-7-12-16/h4-17H,18H2,1-3H3,(H,24,25);4-17H,1-3H3,(H,23,24);5-13H,1-4H3,(H,18,19). The summed E-state index contributed by atoms with van der Waals surface area (Å²) in [7, 11) is -10.3. The van der Waals surface area contributed by atoms with Crippen LogP contribution in [0.15, 0.2) is 224 Å². The van der Waals surface area contributed by atoms with Crippen molar-refractivity contribution >= 4 is 34.4 Å². The van der Waals surface area contributed by atoms with Crippen LogP contribution in [-0.2, 0) is 36.5 Å². The Kier molecular flexibility index (Phi) is 20.1. The Labute approximate surface area is 451 Å². The van der Waals surface area contributed by atoms with Gasteiger partial charge in [0.05, 0.1) is 0 Å². The fourth-order valence-corrected chi connectivity index (χ4v) is 11.0. The van der Waals surface area contributed by atoms with E-state index in [9.17, 15) is 13.7 Å². The number of nitrogens with one attached hydrogen (secondary N) is 3. The lowest BCUT2D eigenvalue weighted by Gasteiger charge is -2.22. The molecule has 8 rings (SSSR count). The molecule has 1 atom stereocenters. The third kappa shape index (κ3) is 19.6. The summed E-state index contributed by atoms with van der Waals surface area (Å²) >= 11 is 0. The van der Waals surface area contributed by atoms with Gasteiger partial charge in [-0.05, 0) is 123 Å². The molecule has 0 fully saturated rings. The Morgan fingerprint density at radius 1 is 0.342 bits per heavy atom. The molecule has 398 valence electrons. The van der Waals surface area contributed by atoms with Crippen molar-refractivity contribution in [2.45, 2.75) is 85.1 Å². The van der Waals surface area contributed by atoms with Gasteiger partial charge in [-0.25, -0.2) is 9.13 Å². The van der Waals surface area contributed by atoms with Crippen molar-refractivity contribution in [1.82, 2.24) is 5.09 Å². The van der Waals surface area contributed by atoms with Gasteiger partial charge in [0, 0.05) is 24.6 Å². The van der Waals surface area contributed by atoms with Gasteiger partial charge in [0.25, 0.3) is 0 Å². The van der Waals surface area contributed by atoms with E-state index in [4.69, 9.17) is 22.6 Å². The fourth-order valence-electron chi connectivity index (χ4n) is 7.14. The van der Waals surface area contributed by atoms with Gasteiger partial charge in [0.1, 0.15) is 28.7 Å². The second-order valence-corrected chi connectivity index (χ2v) is 26.4. The van der Waals surface area contributed by atoms with Gasteiger partial charge in [0.2, 0.25) is 0 Å². The maximum atomic E-state index is 13.4. The molecule has 0 radical (unpaired) electrons. The van der Waals surface area contributed by atoms with Crippen LogP contribution in [0.2, 0.25) is 0 Å². The zero-order valence-corrected chi connectivity index (χ0v) is 47.9. The third-order valence-corrected chi connectivity index (χ3v) is 15.4. The first-order valence-corrected chi connectivity index (χ1v) is 30.2. The molecule has 3 N–H and O–H groups in total. The van der Waals surface area contributed by atoms with Gasteiger partial charge in [-0.15, -0.1) is 0 Å². The number of benzene rings is 8. The van der Waals surface area contributed by atoms with Crippen LogP contribution >= 0.6 is 23.0 Å². The van der Waals surface area contributed by atoms with Crippen LogP contribution in [0.25, 0.3) is 0 Å². The Morgan fingerprint density at radius 2 is 0.684 bits per heavy atom. The van der Waals surface area contributed by atoms with E-state index in [1.807, 2.05) is 146 Å². The lowest BCUT2D eigenvalue weighted by molar-refractivity contribution is 0.370. The average Bonchev–Trinajstić information content (AvgIpc) is 3.37. The Balaban J connectivity index is 0.000000187. The van der Waals surface area contributed by atoms with Gasteiger partial charge < -0.3 is 27.7 Å². The van der Waals surface area contributed by atoms with Gasteiger partial charge in [-0.1, -0.05) is 202 Å². The van der Waals surface area contributed by atoms with E-state index in [1.165, 1.54) is 16.7 Å².